The average molecular weight is 256 g/mol. The summed E-state index contributed by atoms with van der Waals surface area (Å²) in [6, 6.07) is -0.796. The van der Waals surface area contributed by atoms with Gasteiger partial charge in [-0.2, -0.15) is 0 Å². The van der Waals surface area contributed by atoms with E-state index in [9.17, 15) is 9.59 Å². The molecular weight excluding hydrogens is 232 g/mol. The van der Waals surface area contributed by atoms with Gasteiger partial charge in [-0.1, -0.05) is 26.7 Å². The summed E-state index contributed by atoms with van der Waals surface area (Å²) >= 11 is 0. The van der Waals surface area contributed by atoms with Crippen LogP contribution in [0.3, 0.4) is 0 Å². The molecule has 2 amide bonds. The number of carboxylic acid groups (broad SMARTS) is 1. The van der Waals surface area contributed by atoms with Gasteiger partial charge in [-0.15, -0.1) is 0 Å². The number of amides is 2. The van der Waals surface area contributed by atoms with Gasteiger partial charge in [0, 0.05) is 13.1 Å². The third-order valence-corrected chi connectivity index (χ3v) is 3.50. The molecule has 1 atom stereocenters. The molecule has 0 aromatic carbocycles. The average Bonchev–Trinajstić information content (AvgIpc) is 2.79. The molecule has 104 valence electrons. The number of carboxylic acids is 1. The molecule has 0 aliphatic heterocycles. The number of aliphatic carboxylic acids is 1. The number of urea groups is 1. The fourth-order valence-corrected chi connectivity index (χ4v) is 2.40. The molecule has 0 unspecified atom stereocenters. The van der Waals surface area contributed by atoms with Gasteiger partial charge in [0.05, 0.1) is 0 Å². The standard InChI is InChI=1S/C13H24N2O3/c1-9(2)8-11(12(16)17)14-13(18)15(3)10-6-4-5-7-10/h9-11H,4-8H2,1-3H3,(H,14,18)(H,16,17)/t11-/m0/s1. The van der Waals surface area contributed by atoms with Crippen molar-refractivity contribution in [2.75, 3.05) is 7.05 Å². The van der Waals surface area contributed by atoms with Gasteiger partial charge in [-0.05, 0) is 25.2 Å². The van der Waals surface area contributed by atoms with Crippen LogP contribution in [0.5, 0.6) is 0 Å². The summed E-state index contributed by atoms with van der Waals surface area (Å²) in [5.41, 5.74) is 0. The maximum absolute atomic E-state index is 12.0. The van der Waals surface area contributed by atoms with Crippen molar-refractivity contribution in [2.24, 2.45) is 5.92 Å². The van der Waals surface area contributed by atoms with Crippen LogP contribution in [-0.2, 0) is 4.79 Å². The van der Waals surface area contributed by atoms with Gasteiger partial charge in [0.15, 0.2) is 0 Å². The van der Waals surface area contributed by atoms with Gasteiger partial charge >= 0.3 is 12.0 Å². The highest BCUT2D eigenvalue weighted by Crippen LogP contribution is 2.22. The van der Waals surface area contributed by atoms with E-state index in [0.29, 0.717) is 6.42 Å². The zero-order valence-corrected chi connectivity index (χ0v) is 11.5. The van der Waals surface area contributed by atoms with Crippen LogP contribution in [0.25, 0.3) is 0 Å². The van der Waals surface area contributed by atoms with Gasteiger partial charge in [0.1, 0.15) is 6.04 Å². The lowest BCUT2D eigenvalue weighted by Crippen LogP contribution is -2.49. The van der Waals surface area contributed by atoms with E-state index in [-0.39, 0.29) is 18.0 Å². The maximum Gasteiger partial charge on any atom is 0.326 e. The normalized spacial score (nSPS) is 17.8. The Morgan fingerprint density at radius 2 is 1.89 bits per heavy atom. The zero-order valence-electron chi connectivity index (χ0n) is 11.5. The Balaban J connectivity index is 2.51. The molecule has 1 rings (SSSR count). The summed E-state index contributed by atoms with van der Waals surface area (Å²) in [6.07, 6.45) is 4.80. The van der Waals surface area contributed by atoms with E-state index >= 15 is 0 Å². The number of nitrogens with one attached hydrogen (secondary N) is 1. The van der Waals surface area contributed by atoms with Crippen molar-refractivity contribution in [3.63, 3.8) is 0 Å². The predicted octanol–water partition coefficient (Wildman–Crippen LogP) is 2.07. The molecule has 0 saturated heterocycles. The number of rotatable bonds is 5. The summed E-state index contributed by atoms with van der Waals surface area (Å²) in [7, 11) is 1.75. The minimum Gasteiger partial charge on any atom is -0.480 e. The molecule has 0 heterocycles. The Morgan fingerprint density at radius 3 is 2.33 bits per heavy atom. The zero-order chi connectivity index (χ0) is 13.7. The minimum absolute atomic E-state index is 0.239. The Morgan fingerprint density at radius 1 is 1.33 bits per heavy atom. The van der Waals surface area contributed by atoms with Crippen molar-refractivity contribution in [3.05, 3.63) is 0 Å². The van der Waals surface area contributed by atoms with E-state index in [0.717, 1.165) is 25.7 Å². The molecule has 1 aliphatic rings. The van der Waals surface area contributed by atoms with Crippen LogP contribution in [0.4, 0.5) is 4.79 Å². The van der Waals surface area contributed by atoms with Crippen LogP contribution < -0.4 is 5.32 Å². The second-order valence-corrected chi connectivity index (χ2v) is 5.52. The van der Waals surface area contributed by atoms with Crippen LogP contribution >= 0.6 is 0 Å². The van der Waals surface area contributed by atoms with E-state index in [1.165, 1.54) is 0 Å². The Hall–Kier alpha value is -1.26. The fourth-order valence-electron chi connectivity index (χ4n) is 2.40. The molecule has 0 aromatic heterocycles. The van der Waals surface area contributed by atoms with E-state index in [4.69, 9.17) is 5.11 Å². The van der Waals surface area contributed by atoms with Crippen molar-refractivity contribution in [1.29, 1.82) is 0 Å². The molecule has 1 aliphatic carbocycles. The molecular formula is C13H24N2O3. The first kappa shape index (κ1) is 14.8. The van der Waals surface area contributed by atoms with E-state index in [1.807, 2.05) is 13.8 Å². The molecule has 5 nitrogen and oxygen atoms in total. The molecule has 0 radical (unpaired) electrons. The lowest BCUT2D eigenvalue weighted by molar-refractivity contribution is -0.139. The van der Waals surface area contributed by atoms with Crippen molar-refractivity contribution >= 4 is 12.0 Å². The van der Waals surface area contributed by atoms with Crippen LogP contribution in [0.2, 0.25) is 0 Å². The maximum atomic E-state index is 12.0. The summed E-state index contributed by atoms with van der Waals surface area (Å²) in [4.78, 5) is 24.7. The first-order valence-electron chi connectivity index (χ1n) is 6.68. The summed E-state index contributed by atoms with van der Waals surface area (Å²) in [5.74, 6) is -0.722. The number of carbonyl (C=O) groups is 2. The number of carbonyl (C=O) groups excluding carboxylic acids is 1. The van der Waals surface area contributed by atoms with Gasteiger partial charge in [-0.25, -0.2) is 9.59 Å². The van der Waals surface area contributed by atoms with Crippen LogP contribution in [0, 0.1) is 5.92 Å². The fraction of sp³-hybridized carbons (Fsp3) is 0.846. The second kappa shape index (κ2) is 6.61. The third kappa shape index (κ3) is 4.20. The summed E-state index contributed by atoms with van der Waals surface area (Å²) in [6.45, 7) is 3.89. The Labute approximate surface area is 109 Å². The van der Waals surface area contributed by atoms with E-state index in [2.05, 4.69) is 5.32 Å². The van der Waals surface area contributed by atoms with Crippen LogP contribution in [0.15, 0.2) is 0 Å². The SMILES string of the molecule is CC(C)C[C@H](NC(=O)N(C)C1CCCC1)C(=O)O. The van der Waals surface area contributed by atoms with Crippen LogP contribution in [0.1, 0.15) is 46.0 Å². The number of hydrogen-bond acceptors (Lipinski definition) is 2. The lowest BCUT2D eigenvalue weighted by Gasteiger charge is -2.27. The van der Waals surface area contributed by atoms with Crippen LogP contribution in [-0.4, -0.2) is 41.1 Å². The molecule has 2 N–H and O–H groups in total. The largest absolute Gasteiger partial charge is 0.480 e. The monoisotopic (exact) mass is 256 g/mol. The quantitative estimate of drug-likeness (QED) is 0.791. The van der Waals surface area contributed by atoms with Crippen molar-refractivity contribution in [2.45, 2.75) is 58.0 Å². The molecule has 0 bridgehead atoms. The van der Waals surface area contributed by atoms with E-state index in [1.54, 1.807) is 11.9 Å². The van der Waals surface area contributed by atoms with Crippen molar-refractivity contribution in [1.82, 2.24) is 10.2 Å². The van der Waals surface area contributed by atoms with Gasteiger partial charge in [0.25, 0.3) is 0 Å². The smallest absolute Gasteiger partial charge is 0.326 e. The Bertz CT molecular complexity index is 299. The molecule has 18 heavy (non-hydrogen) atoms. The molecule has 0 aromatic rings. The third-order valence-electron chi connectivity index (χ3n) is 3.50. The second-order valence-electron chi connectivity index (χ2n) is 5.52. The van der Waals surface area contributed by atoms with Gasteiger partial charge in [0.2, 0.25) is 0 Å². The first-order chi connectivity index (χ1) is 8.41. The van der Waals surface area contributed by atoms with Crippen molar-refractivity contribution in [3.8, 4) is 0 Å². The first-order valence-corrected chi connectivity index (χ1v) is 6.68. The number of hydrogen-bond donors (Lipinski definition) is 2. The highest BCUT2D eigenvalue weighted by molar-refractivity contribution is 5.82. The molecule has 1 fully saturated rings. The van der Waals surface area contributed by atoms with Crippen molar-refractivity contribution < 1.29 is 14.7 Å². The molecule has 1 saturated carbocycles. The predicted molar refractivity (Wildman–Crippen MR) is 69.4 cm³/mol. The summed E-state index contributed by atoms with van der Waals surface area (Å²) in [5, 5.41) is 11.7. The Kier molecular flexibility index (Phi) is 5.44. The lowest BCUT2D eigenvalue weighted by atomic mass is 10.0. The molecule has 5 heteroatoms. The highest BCUT2D eigenvalue weighted by Gasteiger charge is 2.27. The highest BCUT2D eigenvalue weighted by atomic mass is 16.4. The van der Waals surface area contributed by atoms with Gasteiger partial charge < -0.3 is 15.3 Å². The van der Waals surface area contributed by atoms with Gasteiger partial charge in [-0.3, -0.25) is 0 Å². The number of nitrogens with zero attached hydrogens (tertiary/aromatic N) is 1. The minimum atomic E-state index is -0.961. The molecule has 0 spiro atoms. The van der Waals surface area contributed by atoms with E-state index < -0.39 is 12.0 Å². The topological polar surface area (TPSA) is 69.6 Å². The summed E-state index contributed by atoms with van der Waals surface area (Å²) < 4.78 is 0.